The van der Waals surface area contributed by atoms with Crippen LogP contribution in [0.4, 0.5) is 18.9 Å². The van der Waals surface area contributed by atoms with Gasteiger partial charge in [-0.1, -0.05) is 12.1 Å². The lowest BCUT2D eigenvalue weighted by Gasteiger charge is -2.24. The van der Waals surface area contributed by atoms with E-state index in [4.69, 9.17) is 0 Å². The number of benzene rings is 1. The zero-order chi connectivity index (χ0) is 22.2. The van der Waals surface area contributed by atoms with Crippen LogP contribution in [0.25, 0.3) is 0 Å². The van der Waals surface area contributed by atoms with Gasteiger partial charge < -0.3 is 15.5 Å². The lowest BCUT2D eigenvalue weighted by molar-refractivity contribution is -0.138. The van der Waals surface area contributed by atoms with Crippen molar-refractivity contribution in [3.63, 3.8) is 0 Å². The Morgan fingerprint density at radius 1 is 1.03 bits per heavy atom. The summed E-state index contributed by atoms with van der Waals surface area (Å²) in [4.78, 5) is 39.1. The predicted octanol–water partition coefficient (Wildman–Crippen LogP) is 1.95. The fraction of sp³-hybridized carbons (Fsp3) is 0.526. The van der Waals surface area contributed by atoms with E-state index < -0.39 is 30.1 Å². The van der Waals surface area contributed by atoms with Gasteiger partial charge in [-0.15, -0.1) is 0 Å². The van der Waals surface area contributed by atoms with Gasteiger partial charge in [0, 0.05) is 12.6 Å². The molecular formula is C19H27F3N4O3. The number of rotatable bonds is 9. The van der Waals surface area contributed by atoms with Gasteiger partial charge in [-0.3, -0.25) is 19.3 Å². The van der Waals surface area contributed by atoms with Crippen LogP contribution >= 0.6 is 0 Å². The summed E-state index contributed by atoms with van der Waals surface area (Å²) in [6.07, 6.45) is -4.61. The molecule has 1 aromatic rings. The number of hydrogen-bond donors (Lipinski definition) is 2. The molecule has 2 N–H and O–H groups in total. The Labute approximate surface area is 168 Å². The molecule has 1 rings (SSSR count). The van der Waals surface area contributed by atoms with Gasteiger partial charge in [0.25, 0.3) is 0 Å². The molecule has 3 amide bonds. The molecule has 29 heavy (non-hydrogen) atoms. The Hall–Kier alpha value is -2.62. The molecule has 0 spiro atoms. The Bertz CT molecular complexity index is 723. The number of amides is 3. The van der Waals surface area contributed by atoms with Crippen molar-refractivity contribution in [2.75, 3.05) is 38.5 Å². The Balaban J connectivity index is 2.67. The lowest BCUT2D eigenvalue weighted by Crippen LogP contribution is -2.45. The molecule has 10 heteroatoms. The number of anilines is 1. The van der Waals surface area contributed by atoms with E-state index in [9.17, 15) is 27.6 Å². The molecule has 0 saturated heterocycles. The average molecular weight is 416 g/mol. The third-order valence-electron chi connectivity index (χ3n) is 3.84. The summed E-state index contributed by atoms with van der Waals surface area (Å²) < 4.78 is 39.1. The first-order valence-corrected chi connectivity index (χ1v) is 9.15. The number of halogens is 3. The average Bonchev–Trinajstić information content (AvgIpc) is 2.57. The van der Waals surface area contributed by atoms with Crippen molar-refractivity contribution in [2.24, 2.45) is 0 Å². The number of carbonyl (C=O) groups is 3. The molecule has 0 unspecified atom stereocenters. The molecule has 0 heterocycles. The number of likely N-dealkylation sites (N-methyl/N-ethyl adjacent to an activating group) is 2. The Morgan fingerprint density at radius 2 is 1.66 bits per heavy atom. The molecule has 0 aliphatic carbocycles. The Kier molecular flexibility index (Phi) is 9.09. The van der Waals surface area contributed by atoms with Crippen molar-refractivity contribution in [3.05, 3.63) is 29.8 Å². The van der Waals surface area contributed by atoms with Crippen LogP contribution in [0.3, 0.4) is 0 Å². The summed E-state index contributed by atoms with van der Waals surface area (Å²) in [5.41, 5.74) is -1.32. The summed E-state index contributed by atoms with van der Waals surface area (Å²) in [5.74, 6) is -1.39. The van der Waals surface area contributed by atoms with Crippen LogP contribution in [-0.4, -0.2) is 66.8 Å². The number of nitrogens with zero attached hydrogens (tertiary/aromatic N) is 2. The lowest BCUT2D eigenvalue weighted by atomic mass is 10.1. The van der Waals surface area contributed by atoms with E-state index in [-0.39, 0.29) is 37.3 Å². The van der Waals surface area contributed by atoms with Crippen LogP contribution in [0, 0.1) is 0 Å². The molecule has 1 aromatic carbocycles. The van der Waals surface area contributed by atoms with Crippen LogP contribution in [0.2, 0.25) is 0 Å². The quantitative estimate of drug-likeness (QED) is 0.645. The second-order valence-electron chi connectivity index (χ2n) is 6.89. The first kappa shape index (κ1) is 24.4. The smallest absolute Gasteiger partial charge is 0.353 e. The van der Waals surface area contributed by atoms with Crippen molar-refractivity contribution >= 4 is 23.4 Å². The van der Waals surface area contributed by atoms with Gasteiger partial charge in [0.05, 0.1) is 30.9 Å². The molecule has 0 fully saturated rings. The zero-order valence-electron chi connectivity index (χ0n) is 17.0. The van der Waals surface area contributed by atoms with Gasteiger partial charge in [-0.25, -0.2) is 0 Å². The molecule has 0 aliphatic heterocycles. The largest absolute Gasteiger partial charge is 0.418 e. The molecule has 7 nitrogen and oxygen atoms in total. The highest BCUT2D eigenvalue weighted by Crippen LogP contribution is 2.34. The summed E-state index contributed by atoms with van der Waals surface area (Å²) >= 11 is 0. The maximum Gasteiger partial charge on any atom is 0.418 e. The number of carbonyl (C=O) groups excluding carboxylic acids is 3. The van der Waals surface area contributed by atoms with Gasteiger partial charge in [0.15, 0.2) is 0 Å². The predicted molar refractivity (Wildman–Crippen MR) is 103 cm³/mol. The number of para-hydroxylation sites is 1. The van der Waals surface area contributed by atoms with Crippen LogP contribution in [-0.2, 0) is 20.6 Å². The van der Waals surface area contributed by atoms with Gasteiger partial charge in [0.1, 0.15) is 0 Å². The summed E-state index contributed by atoms with van der Waals surface area (Å²) in [7, 11) is 1.59. The zero-order valence-corrected chi connectivity index (χ0v) is 17.0. The molecular weight excluding hydrogens is 389 g/mol. The fourth-order valence-electron chi connectivity index (χ4n) is 2.58. The van der Waals surface area contributed by atoms with E-state index in [1.54, 1.807) is 14.0 Å². The SMILES string of the molecule is CCN(CC(=O)Nc1ccccc1C(F)(F)F)C(=O)CN(C)CC(=O)NC(C)C. The minimum Gasteiger partial charge on any atom is -0.353 e. The van der Waals surface area contributed by atoms with E-state index in [0.717, 1.165) is 12.1 Å². The van der Waals surface area contributed by atoms with Crippen LogP contribution in [0.15, 0.2) is 24.3 Å². The molecule has 0 atom stereocenters. The maximum atomic E-state index is 13.0. The highest BCUT2D eigenvalue weighted by atomic mass is 19.4. The molecule has 0 saturated carbocycles. The monoisotopic (exact) mass is 416 g/mol. The van der Waals surface area contributed by atoms with Crippen molar-refractivity contribution in [1.29, 1.82) is 0 Å². The second-order valence-corrected chi connectivity index (χ2v) is 6.89. The Morgan fingerprint density at radius 3 is 2.21 bits per heavy atom. The van der Waals surface area contributed by atoms with E-state index in [0.29, 0.717) is 0 Å². The molecule has 0 bridgehead atoms. The molecule has 162 valence electrons. The van der Waals surface area contributed by atoms with Crippen molar-refractivity contribution < 1.29 is 27.6 Å². The summed E-state index contributed by atoms with van der Waals surface area (Å²) in [6, 6.07) is 4.60. The van der Waals surface area contributed by atoms with Gasteiger partial charge in [-0.05, 0) is 40.0 Å². The van der Waals surface area contributed by atoms with Crippen LogP contribution in [0.1, 0.15) is 26.3 Å². The number of nitrogens with one attached hydrogen (secondary N) is 2. The van der Waals surface area contributed by atoms with E-state index in [1.165, 1.54) is 21.9 Å². The van der Waals surface area contributed by atoms with Crippen molar-refractivity contribution in [2.45, 2.75) is 33.0 Å². The third kappa shape index (κ3) is 8.51. The maximum absolute atomic E-state index is 13.0. The topological polar surface area (TPSA) is 81.8 Å². The first-order valence-electron chi connectivity index (χ1n) is 9.15. The van der Waals surface area contributed by atoms with E-state index in [1.807, 2.05) is 13.8 Å². The minimum atomic E-state index is -4.61. The normalized spacial score (nSPS) is 11.5. The van der Waals surface area contributed by atoms with Gasteiger partial charge in [0.2, 0.25) is 17.7 Å². The number of alkyl halides is 3. The third-order valence-corrected chi connectivity index (χ3v) is 3.84. The summed E-state index contributed by atoms with van der Waals surface area (Å²) in [6.45, 7) is 4.99. The standard InChI is InChI=1S/C19H27F3N4O3/c1-5-26(18(29)12-25(4)10-16(27)23-13(2)3)11-17(28)24-15-9-7-6-8-14(15)19(20,21)22/h6-9,13H,5,10-12H2,1-4H3,(H,23,27)(H,24,28). The first-order chi connectivity index (χ1) is 13.4. The minimum absolute atomic E-state index is 0.00658. The van der Waals surface area contributed by atoms with E-state index in [2.05, 4.69) is 10.6 Å². The molecule has 0 aromatic heterocycles. The van der Waals surface area contributed by atoms with Crippen molar-refractivity contribution in [1.82, 2.24) is 15.1 Å². The highest BCUT2D eigenvalue weighted by molar-refractivity contribution is 5.95. The molecule has 0 radical (unpaired) electrons. The molecule has 0 aliphatic rings. The van der Waals surface area contributed by atoms with Crippen molar-refractivity contribution in [3.8, 4) is 0 Å². The van der Waals surface area contributed by atoms with Crippen LogP contribution in [0.5, 0.6) is 0 Å². The number of hydrogen-bond acceptors (Lipinski definition) is 4. The fourth-order valence-corrected chi connectivity index (χ4v) is 2.58. The second kappa shape index (κ2) is 10.8. The van der Waals surface area contributed by atoms with Crippen LogP contribution < -0.4 is 10.6 Å². The summed E-state index contributed by atoms with van der Waals surface area (Å²) in [5, 5.41) is 4.92. The van der Waals surface area contributed by atoms with E-state index >= 15 is 0 Å². The highest BCUT2D eigenvalue weighted by Gasteiger charge is 2.33. The van der Waals surface area contributed by atoms with Gasteiger partial charge in [-0.2, -0.15) is 13.2 Å². The van der Waals surface area contributed by atoms with Gasteiger partial charge >= 0.3 is 6.18 Å².